The van der Waals surface area contributed by atoms with E-state index in [-0.39, 0.29) is 24.3 Å². The number of thiophene rings is 1. The van der Waals surface area contributed by atoms with Crippen molar-refractivity contribution < 1.29 is 9.59 Å². The first-order valence-electron chi connectivity index (χ1n) is 8.80. The minimum Gasteiger partial charge on any atom is -0.352 e. The molecule has 1 atom stereocenters. The molecule has 1 aliphatic rings. The minimum absolute atomic E-state index is 0.0101. The number of nitrogens with one attached hydrogen (secondary N) is 1. The van der Waals surface area contributed by atoms with Gasteiger partial charge in [0.05, 0.1) is 12.5 Å². The van der Waals surface area contributed by atoms with Crippen LogP contribution in [0.3, 0.4) is 0 Å². The molecule has 4 rings (SSSR count). The number of hydrogen-bond donors (Lipinski definition) is 1. The Labute approximate surface area is 161 Å². The highest BCUT2D eigenvalue weighted by molar-refractivity contribution is 7.10. The average Bonchev–Trinajstić information content (AvgIpc) is 3.34. The third-order valence-corrected chi connectivity index (χ3v) is 5.66. The molecule has 6 heteroatoms. The molecule has 0 saturated carbocycles. The van der Waals surface area contributed by atoms with Crippen molar-refractivity contribution in [2.24, 2.45) is 0 Å². The summed E-state index contributed by atoms with van der Waals surface area (Å²) in [6, 6.07) is 15.1. The van der Waals surface area contributed by atoms with Crippen LogP contribution >= 0.6 is 11.3 Å². The predicted molar refractivity (Wildman–Crippen MR) is 104 cm³/mol. The van der Waals surface area contributed by atoms with E-state index in [1.54, 1.807) is 28.6 Å². The second-order valence-corrected chi connectivity index (χ2v) is 7.44. The lowest BCUT2D eigenvalue weighted by Gasteiger charge is -2.26. The molecule has 0 saturated heterocycles. The number of fused-ring (bicyclic) bond motifs is 1. The molecule has 0 radical (unpaired) electrons. The zero-order chi connectivity index (χ0) is 18.6. The number of rotatable bonds is 6. The molecule has 3 aromatic rings. The van der Waals surface area contributed by atoms with Crippen LogP contribution in [0.4, 0.5) is 0 Å². The predicted octanol–water partition coefficient (Wildman–Crippen LogP) is 3.55. The monoisotopic (exact) mass is 377 g/mol. The van der Waals surface area contributed by atoms with Crippen molar-refractivity contribution in [3.05, 3.63) is 87.9 Å². The number of carbonyl (C=O) groups is 2. The van der Waals surface area contributed by atoms with E-state index in [9.17, 15) is 9.59 Å². The first-order valence-corrected chi connectivity index (χ1v) is 9.68. The molecular formula is C21H19N3O2S. The Bertz CT molecular complexity index is 941. The summed E-state index contributed by atoms with van der Waals surface area (Å²) in [5.74, 6) is -0.0925. The molecule has 0 fully saturated rings. The van der Waals surface area contributed by atoms with Gasteiger partial charge in [0.2, 0.25) is 5.91 Å². The summed E-state index contributed by atoms with van der Waals surface area (Å²) in [5.41, 5.74) is 2.69. The van der Waals surface area contributed by atoms with Gasteiger partial charge in [-0.2, -0.15) is 0 Å². The Morgan fingerprint density at radius 2 is 2.07 bits per heavy atom. The Balaban J connectivity index is 1.49. The summed E-state index contributed by atoms with van der Waals surface area (Å²) in [4.78, 5) is 32.4. The van der Waals surface area contributed by atoms with Gasteiger partial charge in [0.1, 0.15) is 0 Å². The van der Waals surface area contributed by atoms with E-state index >= 15 is 0 Å². The van der Waals surface area contributed by atoms with Gasteiger partial charge in [-0.3, -0.25) is 14.6 Å². The first kappa shape index (κ1) is 17.4. The van der Waals surface area contributed by atoms with Crippen LogP contribution in [0.2, 0.25) is 0 Å². The molecule has 0 aliphatic carbocycles. The van der Waals surface area contributed by atoms with Gasteiger partial charge >= 0.3 is 0 Å². The fraction of sp³-hybridized carbons (Fsp3) is 0.190. The third-order valence-electron chi connectivity index (χ3n) is 4.69. The SMILES string of the molecule is O=C(C[C@@H](c1cccs1)N1Cc2ccccc2C1=O)NCc1cccnc1. The van der Waals surface area contributed by atoms with Gasteiger partial charge < -0.3 is 10.2 Å². The lowest BCUT2D eigenvalue weighted by molar-refractivity contribution is -0.122. The maximum absolute atomic E-state index is 12.9. The first-order chi connectivity index (χ1) is 13.2. The van der Waals surface area contributed by atoms with Gasteiger partial charge in [0, 0.05) is 35.9 Å². The van der Waals surface area contributed by atoms with E-state index in [1.165, 1.54) is 0 Å². The molecule has 0 bridgehead atoms. The smallest absolute Gasteiger partial charge is 0.255 e. The maximum Gasteiger partial charge on any atom is 0.255 e. The zero-order valence-corrected chi connectivity index (χ0v) is 15.5. The number of hydrogen-bond acceptors (Lipinski definition) is 4. The Kier molecular flexibility index (Phi) is 4.98. The number of benzene rings is 1. The summed E-state index contributed by atoms with van der Waals surface area (Å²) in [6.07, 6.45) is 3.67. The molecular weight excluding hydrogens is 358 g/mol. The Morgan fingerprint density at radius 3 is 2.81 bits per heavy atom. The van der Waals surface area contributed by atoms with Gasteiger partial charge in [-0.05, 0) is 34.7 Å². The summed E-state index contributed by atoms with van der Waals surface area (Å²) in [7, 11) is 0. The lowest BCUT2D eigenvalue weighted by atomic mass is 10.1. The van der Waals surface area contributed by atoms with Crippen LogP contribution in [-0.2, 0) is 17.9 Å². The van der Waals surface area contributed by atoms with Gasteiger partial charge in [0.15, 0.2) is 0 Å². The molecule has 1 N–H and O–H groups in total. The molecule has 0 unspecified atom stereocenters. The third kappa shape index (κ3) is 3.75. The van der Waals surface area contributed by atoms with Crippen molar-refractivity contribution in [2.45, 2.75) is 25.6 Å². The number of aromatic nitrogens is 1. The largest absolute Gasteiger partial charge is 0.352 e. The summed E-state index contributed by atoms with van der Waals surface area (Å²) in [6.45, 7) is 0.964. The highest BCUT2D eigenvalue weighted by atomic mass is 32.1. The molecule has 3 heterocycles. The molecule has 1 aromatic carbocycles. The van der Waals surface area contributed by atoms with Gasteiger partial charge in [0.25, 0.3) is 5.91 Å². The lowest BCUT2D eigenvalue weighted by Crippen LogP contribution is -2.33. The van der Waals surface area contributed by atoms with E-state index in [0.29, 0.717) is 13.1 Å². The van der Waals surface area contributed by atoms with Crippen LogP contribution < -0.4 is 5.32 Å². The van der Waals surface area contributed by atoms with Crippen molar-refractivity contribution in [1.29, 1.82) is 0 Å². The van der Waals surface area contributed by atoms with E-state index < -0.39 is 0 Å². The summed E-state index contributed by atoms with van der Waals surface area (Å²) in [5, 5.41) is 4.91. The average molecular weight is 377 g/mol. The maximum atomic E-state index is 12.9. The quantitative estimate of drug-likeness (QED) is 0.715. The second-order valence-electron chi connectivity index (χ2n) is 6.46. The number of nitrogens with zero attached hydrogens (tertiary/aromatic N) is 2. The summed E-state index contributed by atoms with van der Waals surface area (Å²) >= 11 is 1.57. The standard InChI is InChI=1S/C21H19N3O2S/c25-20(23-13-15-5-3-9-22-12-15)11-18(19-8-4-10-27-19)24-14-16-6-1-2-7-17(16)21(24)26/h1-10,12,18H,11,13-14H2,(H,23,25)/t18-/m0/s1. The van der Waals surface area contributed by atoms with E-state index in [1.807, 2.05) is 53.9 Å². The van der Waals surface area contributed by atoms with Crippen LogP contribution in [0, 0.1) is 0 Å². The topological polar surface area (TPSA) is 62.3 Å². The zero-order valence-electron chi connectivity index (χ0n) is 14.7. The van der Waals surface area contributed by atoms with E-state index in [4.69, 9.17) is 0 Å². The highest BCUT2D eigenvalue weighted by Gasteiger charge is 2.34. The molecule has 2 amide bonds. The fourth-order valence-corrected chi connectivity index (χ4v) is 4.16. The van der Waals surface area contributed by atoms with Crippen molar-refractivity contribution in [1.82, 2.24) is 15.2 Å². The van der Waals surface area contributed by atoms with Crippen LogP contribution in [0.15, 0.2) is 66.3 Å². The molecule has 27 heavy (non-hydrogen) atoms. The second kappa shape index (κ2) is 7.72. The number of carbonyl (C=O) groups excluding carboxylic acids is 2. The van der Waals surface area contributed by atoms with Crippen molar-refractivity contribution >= 4 is 23.2 Å². The van der Waals surface area contributed by atoms with Crippen molar-refractivity contribution in [2.75, 3.05) is 0 Å². The Morgan fingerprint density at radius 1 is 1.19 bits per heavy atom. The van der Waals surface area contributed by atoms with Gasteiger partial charge in [-0.25, -0.2) is 0 Å². The normalized spacial score (nSPS) is 14.1. The van der Waals surface area contributed by atoms with Gasteiger partial charge in [-0.1, -0.05) is 30.3 Å². The van der Waals surface area contributed by atoms with Crippen molar-refractivity contribution in [3.63, 3.8) is 0 Å². The fourth-order valence-electron chi connectivity index (χ4n) is 3.32. The van der Waals surface area contributed by atoms with Crippen LogP contribution in [0.25, 0.3) is 0 Å². The molecule has 0 spiro atoms. The molecule has 136 valence electrons. The van der Waals surface area contributed by atoms with Crippen LogP contribution in [0.5, 0.6) is 0 Å². The number of pyridine rings is 1. The van der Waals surface area contributed by atoms with Crippen LogP contribution in [-0.4, -0.2) is 21.7 Å². The van der Waals surface area contributed by atoms with Crippen LogP contribution in [0.1, 0.15) is 38.8 Å². The molecule has 5 nitrogen and oxygen atoms in total. The van der Waals surface area contributed by atoms with Gasteiger partial charge in [-0.15, -0.1) is 11.3 Å². The summed E-state index contributed by atoms with van der Waals surface area (Å²) < 4.78 is 0. The Hall–Kier alpha value is -2.99. The minimum atomic E-state index is -0.265. The molecule has 2 aromatic heterocycles. The van der Waals surface area contributed by atoms with Crippen molar-refractivity contribution in [3.8, 4) is 0 Å². The number of amides is 2. The molecule has 1 aliphatic heterocycles. The van der Waals surface area contributed by atoms with E-state index in [2.05, 4.69) is 10.3 Å². The highest BCUT2D eigenvalue weighted by Crippen LogP contribution is 2.35. The van der Waals surface area contributed by atoms with E-state index in [0.717, 1.165) is 21.6 Å².